The zero-order valence-electron chi connectivity index (χ0n) is 11.8. The molecule has 0 saturated heterocycles. The van der Waals surface area contributed by atoms with E-state index < -0.39 is 0 Å². The second-order valence-corrected chi connectivity index (χ2v) is 4.28. The quantitative estimate of drug-likeness (QED) is 0.849. The van der Waals surface area contributed by atoms with Gasteiger partial charge in [-0.2, -0.15) is 0 Å². The van der Waals surface area contributed by atoms with Gasteiger partial charge in [-0.25, -0.2) is 0 Å². The summed E-state index contributed by atoms with van der Waals surface area (Å²) in [6.07, 6.45) is 1.65. The summed E-state index contributed by atoms with van der Waals surface area (Å²) in [5.74, 6) is 1.86. The van der Waals surface area contributed by atoms with Crippen LogP contribution in [-0.2, 0) is 6.61 Å². The van der Waals surface area contributed by atoms with E-state index in [-0.39, 0.29) is 6.61 Å². The third-order valence-electron chi connectivity index (χ3n) is 2.96. The fourth-order valence-corrected chi connectivity index (χ4v) is 1.97. The van der Waals surface area contributed by atoms with Crippen molar-refractivity contribution < 1.29 is 14.2 Å². The van der Waals surface area contributed by atoms with Gasteiger partial charge >= 0.3 is 0 Å². The van der Waals surface area contributed by atoms with E-state index in [9.17, 15) is 0 Å². The first-order valence-electron chi connectivity index (χ1n) is 6.21. The zero-order valence-corrected chi connectivity index (χ0v) is 11.8. The Morgan fingerprint density at radius 2 is 1.90 bits per heavy atom. The molecule has 2 N–H and O–H groups in total. The molecule has 1 aromatic carbocycles. The van der Waals surface area contributed by atoms with Crippen molar-refractivity contribution in [3.63, 3.8) is 0 Å². The van der Waals surface area contributed by atoms with Crippen molar-refractivity contribution in [1.82, 2.24) is 4.98 Å². The van der Waals surface area contributed by atoms with E-state index in [1.165, 1.54) is 0 Å². The van der Waals surface area contributed by atoms with Gasteiger partial charge in [-0.3, -0.25) is 4.98 Å². The Morgan fingerprint density at radius 1 is 1.10 bits per heavy atom. The van der Waals surface area contributed by atoms with E-state index in [0.717, 1.165) is 5.56 Å². The van der Waals surface area contributed by atoms with Crippen LogP contribution in [0, 0.1) is 6.92 Å². The molecule has 5 heteroatoms. The lowest BCUT2D eigenvalue weighted by molar-refractivity contribution is 0.284. The number of rotatable bonds is 5. The van der Waals surface area contributed by atoms with Gasteiger partial charge in [0, 0.05) is 12.3 Å². The summed E-state index contributed by atoms with van der Waals surface area (Å²) in [5.41, 5.74) is 8.15. The highest BCUT2D eigenvalue weighted by atomic mass is 16.5. The Kier molecular flexibility index (Phi) is 4.30. The summed E-state index contributed by atoms with van der Waals surface area (Å²) < 4.78 is 16.3. The molecule has 2 aromatic rings. The van der Waals surface area contributed by atoms with Crippen molar-refractivity contribution in [1.29, 1.82) is 0 Å². The van der Waals surface area contributed by atoms with Crippen molar-refractivity contribution in [2.24, 2.45) is 0 Å². The molecule has 0 amide bonds. The number of pyridine rings is 1. The third kappa shape index (κ3) is 2.77. The average molecular weight is 274 g/mol. The highest BCUT2D eigenvalue weighted by Crippen LogP contribution is 2.31. The van der Waals surface area contributed by atoms with Crippen LogP contribution in [0.25, 0.3) is 0 Å². The Labute approximate surface area is 118 Å². The Morgan fingerprint density at radius 3 is 2.55 bits per heavy atom. The number of nitrogens with two attached hydrogens (primary N) is 1. The smallest absolute Gasteiger partial charge is 0.185 e. The molecular weight excluding hydrogens is 256 g/mol. The molecule has 0 bridgehead atoms. The van der Waals surface area contributed by atoms with Gasteiger partial charge in [0.05, 0.1) is 19.9 Å². The van der Waals surface area contributed by atoms with Crippen LogP contribution in [0.1, 0.15) is 11.3 Å². The molecule has 0 aliphatic carbocycles. The molecule has 0 aliphatic rings. The van der Waals surface area contributed by atoms with Crippen molar-refractivity contribution in [3.05, 3.63) is 41.7 Å². The van der Waals surface area contributed by atoms with Crippen LogP contribution in [0.5, 0.6) is 17.2 Å². The summed E-state index contributed by atoms with van der Waals surface area (Å²) in [6.45, 7) is 2.21. The first-order chi connectivity index (χ1) is 9.67. The van der Waals surface area contributed by atoms with Crippen LogP contribution in [-0.4, -0.2) is 19.2 Å². The number of ether oxygens (including phenoxy) is 3. The van der Waals surface area contributed by atoms with Gasteiger partial charge in [-0.15, -0.1) is 0 Å². The second kappa shape index (κ2) is 6.14. The fraction of sp³-hybridized carbons (Fsp3) is 0.267. The van der Waals surface area contributed by atoms with Gasteiger partial charge < -0.3 is 19.9 Å². The topological polar surface area (TPSA) is 66.6 Å². The molecule has 0 radical (unpaired) electrons. The van der Waals surface area contributed by atoms with Gasteiger partial charge in [-0.05, 0) is 18.6 Å². The van der Waals surface area contributed by atoms with E-state index >= 15 is 0 Å². The molecule has 5 nitrogen and oxygen atoms in total. The Hall–Kier alpha value is -2.43. The van der Waals surface area contributed by atoms with E-state index in [4.69, 9.17) is 19.9 Å². The molecule has 1 heterocycles. The molecule has 1 aromatic heterocycles. The van der Waals surface area contributed by atoms with Gasteiger partial charge in [0.1, 0.15) is 18.1 Å². The largest absolute Gasteiger partial charge is 0.493 e. The maximum Gasteiger partial charge on any atom is 0.185 e. The summed E-state index contributed by atoms with van der Waals surface area (Å²) in [7, 11) is 3.16. The minimum atomic E-state index is 0.259. The maximum absolute atomic E-state index is 5.91. The number of para-hydroxylation sites is 1. The number of methoxy groups -OCH3 is 2. The highest BCUT2D eigenvalue weighted by molar-refractivity contribution is 5.56. The number of aromatic nitrogens is 1. The van der Waals surface area contributed by atoms with Gasteiger partial charge in [0.25, 0.3) is 0 Å². The van der Waals surface area contributed by atoms with Crippen LogP contribution < -0.4 is 19.9 Å². The van der Waals surface area contributed by atoms with Crippen LogP contribution in [0.2, 0.25) is 0 Å². The van der Waals surface area contributed by atoms with E-state index in [2.05, 4.69) is 4.98 Å². The first kappa shape index (κ1) is 14.0. The number of anilines is 1. The monoisotopic (exact) mass is 274 g/mol. The van der Waals surface area contributed by atoms with Crippen LogP contribution >= 0.6 is 0 Å². The lowest BCUT2D eigenvalue weighted by Gasteiger charge is -2.14. The van der Waals surface area contributed by atoms with Crippen molar-refractivity contribution in [2.75, 3.05) is 20.0 Å². The van der Waals surface area contributed by atoms with Crippen LogP contribution in [0.4, 0.5) is 5.69 Å². The van der Waals surface area contributed by atoms with Gasteiger partial charge in [0.15, 0.2) is 11.5 Å². The predicted molar refractivity (Wildman–Crippen MR) is 77.3 cm³/mol. The number of nitrogen functional groups attached to an aromatic ring is 1. The number of benzene rings is 1. The molecule has 106 valence electrons. The zero-order chi connectivity index (χ0) is 14.5. The minimum Gasteiger partial charge on any atom is -0.493 e. The summed E-state index contributed by atoms with van der Waals surface area (Å²) >= 11 is 0. The van der Waals surface area contributed by atoms with E-state index in [0.29, 0.717) is 28.6 Å². The number of hydrogen-bond donors (Lipinski definition) is 1. The van der Waals surface area contributed by atoms with E-state index in [1.807, 2.05) is 19.1 Å². The minimum absolute atomic E-state index is 0.259. The molecule has 0 spiro atoms. The number of nitrogens with zero attached hydrogens (tertiary/aromatic N) is 1. The molecule has 0 unspecified atom stereocenters. The fourth-order valence-electron chi connectivity index (χ4n) is 1.97. The third-order valence-corrected chi connectivity index (χ3v) is 2.96. The molecule has 0 aliphatic heterocycles. The normalized spacial score (nSPS) is 10.2. The van der Waals surface area contributed by atoms with Crippen LogP contribution in [0.3, 0.4) is 0 Å². The lowest BCUT2D eigenvalue weighted by atomic mass is 10.2. The van der Waals surface area contributed by atoms with E-state index in [1.54, 1.807) is 32.5 Å². The van der Waals surface area contributed by atoms with Crippen LogP contribution in [0.15, 0.2) is 30.5 Å². The molecule has 0 fully saturated rings. The van der Waals surface area contributed by atoms with Gasteiger partial charge in [-0.1, -0.05) is 12.1 Å². The van der Waals surface area contributed by atoms with Gasteiger partial charge in [0.2, 0.25) is 0 Å². The molecule has 2 rings (SSSR count). The number of aryl methyl sites for hydroxylation is 1. The summed E-state index contributed by atoms with van der Waals surface area (Å²) in [5, 5.41) is 0. The van der Waals surface area contributed by atoms with Crippen molar-refractivity contribution in [3.8, 4) is 17.2 Å². The van der Waals surface area contributed by atoms with Crippen molar-refractivity contribution >= 4 is 5.69 Å². The molecular formula is C15H18N2O3. The molecule has 0 atom stereocenters. The second-order valence-electron chi connectivity index (χ2n) is 4.28. The Balaban J connectivity index is 2.23. The summed E-state index contributed by atoms with van der Waals surface area (Å²) in [4.78, 5) is 4.26. The lowest BCUT2D eigenvalue weighted by Crippen LogP contribution is -2.05. The highest BCUT2D eigenvalue weighted by Gasteiger charge is 2.13. The standard InChI is InChI=1S/C15H18N2O3/c1-10-5-4-6-11(16)14(10)20-9-12-15(19-3)13(18-2)7-8-17-12/h4-8H,9,16H2,1-3H3. The first-order valence-corrected chi connectivity index (χ1v) is 6.21. The number of hydrogen-bond acceptors (Lipinski definition) is 5. The SMILES string of the molecule is COc1ccnc(COc2c(C)cccc2N)c1OC. The molecule has 20 heavy (non-hydrogen) atoms. The molecule has 0 saturated carbocycles. The maximum atomic E-state index is 5.91. The summed E-state index contributed by atoms with van der Waals surface area (Å²) in [6, 6.07) is 7.38. The average Bonchev–Trinajstić information content (AvgIpc) is 2.46. The predicted octanol–water partition coefficient (Wildman–Crippen LogP) is 2.57. The van der Waals surface area contributed by atoms with Crippen molar-refractivity contribution in [2.45, 2.75) is 13.5 Å². The Bertz CT molecular complexity index is 579.